The number of carboxylic acid groups (broad SMARTS) is 1. The minimum atomic E-state index is -3.54. The number of nitrogens with one attached hydrogen (secondary N) is 1. The van der Waals surface area contributed by atoms with E-state index >= 15 is 0 Å². The number of carbonyl (C=O) groups is 1. The Bertz CT molecular complexity index is 329. The molecule has 0 aromatic rings. The highest BCUT2D eigenvalue weighted by atomic mass is 32.2. The van der Waals surface area contributed by atoms with Gasteiger partial charge >= 0.3 is 5.97 Å². The molecule has 0 saturated carbocycles. The van der Waals surface area contributed by atoms with Crippen LogP contribution in [0.15, 0.2) is 0 Å². The number of hydrogen-bond acceptors (Lipinski definition) is 3. The molecule has 0 heterocycles. The number of sulfonamides is 1. The summed E-state index contributed by atoms with van der Waals surface area (Å²) in [5, 5.41) is 8.84. The third-order valence-corrected chi connectivity index (χ3v) is 3.71. The van der Waals surface area contributed by atoms with E-state index in [1.165, 1.54) is 0 Å². The molecule has 0 aliphatic carbocycles. The van der Waals surface area contributed by atoms with Crippen LogP contribution in [0.5, 0.6) is 0 Å². The van der Waals surface area contributed by atoms with E-state index in [1.807, 2.05) is 6.92 Å². The van der Waals surface area contributed by atoms with Crippen LogP contribution in [0.3, 0.4) is 0 Å². The second-order valence-electron chi connectivity index (χ2n) is 5.12. The summed E-state index contributed by atoms with van der Waals surface area (Å²) >= 11 is 0. The lowest BCUT2D eigenvalue weighted by Crippen LogP contribution is -2.43. The van der Waals surface area contributed by atoms with Crippen LogP contribution in [0.4, 0.5) is 0 Å². The summed E-state index contributed by atoms with van der Waals surface area (Å²) in [5.74, 6) is -1.20. The number of rotatable bonds is 6. The van der Waals surface area contributed by atoms with Gasteiger partial charge in [-0.25, -0.2) is 13.1 Å². The van der Waals surface area contributed by atoms with E-state index in [-0.39, 0.29) is 11.2 Å². The molecule has 2 N–H and O–H groups in total. The summed E-state index contributed by atoms with van der Waals surface area (Å²) in [4.78, 5) is 10.8. The Hall–Kier alpha value is -0.620. The number of aliphatic carboxylic acids is 1. The van der Waals surface area contributed by atoms with Crippen molar-refractivity contribution in [1.82, 2.24) is 4.72 Å². The maximum atomic E-state index is 11.7. The van der Waals surface area contributed by atoms with Crippen molar-refractivity contribution in [2.24, 2.45) is 5.41 Å². The van der Waals surface area contributed by atoms with E-state index in [2.05, 4.69) is 4.72 Å². The lowest BCUT2D eigenvalue weighted by atomic mass is 10.0. The maximum absolute atomic E-state index is 11.7. The van der Waals surface area contributed by atoms with Crippen LogP contribution < -0.4 is 4.72 Å². The smallest absolute Gasteiger partial charge is 0.321 e. The molecule has 16 heavy (non-hydrogen) atoms. The first kappa shape index (κ1) is 15.4. The van der Waals surface area contributed by atoms with E-state index in [1.54, 1.807) is 20.8 Å². The fraction of sp³-hybridized carbons (Fsp3) is 0.900. The molecule has 5 nitrogen and oxygen atoms in total. The second kappa shape index (κ2) is 5.63. The summed E-state index contributed by atoms with van der Waals surface area (Å²) in [5.41, 5.74) is -0.388. The second-order valence-corrected chi connectivity index (χ2v) is 6.87. The molecule has 0 rings (SSSR count). The minimum absolute atomic E-state index is 0.0759. The van der Waals surface area contributed by atoms with Crippen molar-refractivity contribution >= 4 is 16.0 Å². The zero-order valence-electron chi connectivity index (χ0n) is 10.3. The zero-order valence-corrected chi connectivity index (χ0v) is 11.1. The van der Waals surface area contributed by atoms with Crippen molar-refractivity contribution in [3.63, 3.8) is 0 Å². The van der Waals surface area contributed by atoms with Gasteiger partial charge < -0.3 is 5.11 Å². The molecule has 0 aliphatic rings. The topological polar surface area (TPSA) is 83.5 Å². The standard InChI is InChI=1S/C10H21NO4S/c1-5-6-8(9(12)13)11-16(14,15)7-10(2,3)4/h8,11H,5-7H2,1-4H3,(H,12,13). The molecular formula is C10H21NO4S. The molecule has 1 unspecified atom stereocenters. The van der Waals surface area contributed by atoms with Crippen LogP contribution in [0.1, 0.15) is 40.5 Å². The van der Waals surface area contributed by atoms with E-state index in [0.29, 0.717) is 12.8 Å². The van der Waals surface area contributed by atoms with Crippen molar-refractivity contribution in [1.29, 1.82) is 0 Å². The van der Waals surface area contributed by atoms with Gasteiger partial charge in [0.15, 0.2) is 0 Å². The van der Waals surface area contributed by atoms with Crippen molar-refractivity contribution in [2.75, 3.05) is 5.75 Å². The molecule has 0 amide bonds. The SMILES string of the molecule is CCCC(NS(=O)(=O)CC(C)(C)C)C(=O)O. The maximum Gasteiger partial charge on any atom is 0.321 e. The Kier molecular flexibility index (Phi) is 5.41. The Morgan fingerprint density at radius 1 is 1.38 bits per heavy atom. The molecule has 0 saturated heterocycles. The Morgan fingerprint density at radius 3 is 2.19 bits per heavy atom. The van der Waals surface area contributed by atoms with Crippen LogP contribution in [0, 0.1) is 5.41 Å². The fourth-order valence-electron chi connectivity index (χ4n) is 1.35. The molecule has 6 heteroatoms. The summed E-state index contributed by atoms with van der Waals surface area (Å²) < 4.78 is 25.5. The van der Waals surface area contributed by atoms with Gasteiger partial charge in [-0.3, -0.25) is 4.79 Å². The van der Waals surface area contributed by atoms with Gasteiger partial charge in [0, 0.05) is 0 Å². The molecule has 0 fully saturated rings. The van der Waals surface area contributed by atoms with Gasteiger partial charge in [0.05, 0.1) is 5.75 Å². The molecule has 0 aromatic heterocycles. The lowest BCUT2D eigenvalue weighted by molar-refractivity contribution is -0.139. The average molecular weight is 251 g/mol. The lowest BCUT2D eigenvalue weighted by Gasteiger charge is -2.20. The Labute approximate surface area is 97.3 Å². The largest absolute Gasteiger partial charge is 0.480 e. The van der Waals surface area contributed by atoms with Crippen molar-refractivity contribution < 1.29 is 18.3 Å². The molecule has 0 aliphatic heterocycles. The van der Waals surface area contributed by atoms with Crippen molar-refractivity contribution in [3.05, 3.63) is 0 Å². The quantitative estimate of drug-likeness (QED) is 0.743. The third kappa shape index (κ3) is 6.79. The van der Waals surface area contributed by atoms with Gasteiger partial charge in [-0.2, -0.15) is 0 Å². The van der Waals surface area contributed by atoms with E-state index < -0.39 is 22.0 Å². The van der Waals surface area contributed by atoms with Crippen LogP contribution in [-0.4, -0.2) is 31.3 Å². The first-order chi connectivity index (χ1) is 7.07. The van der Waals surface area contributed by atoms with Gasteiger partial charge in [-0.05, 0) is 11.8 Å². The van der Waals surface area contributed by atoms with Crippen LogP contribution in [0.2, 0.25) is 0 Å². The zero-order chi connectivity index (χ0) is 13.0. The van der Waals surface area contributed by atoms with E-state index in [4.69, 9.17) is 5.11 Å². The summed E-state index contributed by atoms with van der Waals surface area (Å²) in [6.07, 6.45) is 0.924. The number of carboxylic acids is 1. The predicted octanol–water partition coefficient (Wildman–Crippen LogP) is 1.21. The summed E-state index contributed by atoms with van der Waals surface area (Å²) in [7, 11) is -3.54. The molecule has 0 spiro atoms. The summed E-state index contributed by atoms with van der Waals surface area (Å²) in [6, 6.07) is -1.02. The van der Waals surface area contributed by atoms with Gasteiger partial charge in [0.25, 0.3) is 0 Å². The van der Waals surface area contributed by atoms with Crippen LogP contribution >= 0.6 is 0 Å². The Balaban J connectivity index is 4.61. The molecule has 0 aromatic carbocycles. The molecule has 1 atom stereocenters. The first-order valence-corrected chi connectivity index (χ1v) is 6.95. The fourth-order valence-corrected chi connectivity index (χ4v) is 3.23. The van der Waals surface area contributed by atoms with Crippen molar-refractivity contribution in [2.45, 2.75) is 46.6 Å². The highest BCUT2D eigenvalue weighted by Gasteiger charge is 2.27. The summed E-state index contributed by atoms with van der Waals surface area (Å²) in [6.45, 7) is 7.19. The van der Waals surface area contributed by atoms with Gasteiger partial charge in [-0.1, -0.05) is 34.1 Å². The van der Waals surface area contributed by atoms with Gasteiger partial charge in [0.2, 0.25) is 10.0 Å². The third-order valence-electron chi connectivity index (χ3n) is 1.82. The Morgan fingerprint density at radius 2 is 1.88 bits per heavy atom. The van der Waals surface area contributed by atoms with E-state index in [9.17, 15) is 13.2 Å². The highest BCUT2D eigenvalue weighted by Crippen LogP contribution is 2.16. The molecule has 0 bridgehead atoms. The van der Waals surface area contributed by atoms with Crippen LogP contribution in [-0.2, 0) is 14.8 Å². The van der Waals surface area contributed by atoms with Gasteiger partial charge in [-0.15, -0.1) is 0 Å². The molecular weight excluding hydrogens is 230 g/mol. The molecule has 96 valence electrons. The average Bonchev–Trinajstić information content (AvgIpc) is 1.97. The first-order valence-electron chi connectivity index (χ1n) is 5.30. The van der Waals surface area contributed by atoms with Crippen molar-refractivity contribution in [3.8, 4) is 0 Å². The highest BCUT2D eigenvalue weighted by molar-refractivity contribution is 7.89. The monoisotopic (exact) mass is 251 g/mol. The molecule has 0 radical (unpaired) electrons. The van der Waals surface area contributed by atoms with Gasteiger partial charge in [0.1, 0.15) is 6.04 Å². The predicted molar refractivity (Wildman–Crippen MR) is 62.7 cm³/mol. The minimum Gasteiger partial charge on any atom is -0.480 e. The number of hydrogen-bond donors (Lipinski definition) is 2. The van der Waals surface area contributed by atoms with E-state index in [0.717, 1.165) is 0 Å². The van der Waals surface area contributed by atoms with Crippen LogP contribution in [0.25, 0.3) is 0 Å². The normalized spacial score (nSPS) is 14.8.